The van der Waals surface area contributed by atoms with Crippen LogP contribution in [0.1, 0.15) is 12.5 Å². The van der Waals surface area contributed by atoms with Gasteiger partial charge in [0.05, 0.1) is 0 Å². The Bertz CT molecular complexity index is 268. The van der Waals surface area contributed by atoms with Crippen molar-refractivity contribution in [2.24, 2.45) is 0 Å². The Morgan fingerprint density at radius 3 is 2.73 bits per heavy atom. The quantitative estimate of drug-likeness (QED) is 0.590. The highest BCUT2D eigenvalue weighted by Crippen LogP contribution is 1.91. The zero-order valence-corrected chi connectivity index (χ0v) is 7.72. The number of hydrogen-bond acceptors (Lipinski definition) is 1. The lowest BCUT2D eigenvalue weighted by atomic mass is 10.2. The van der Waals surface area contributed by atoms with Crippen molar-refractivity contribution in [2.75, 3.05) is 0 Å². The molecule has 0 fully saturated rings. The summed E-state index contributed by atoms with van der Waals surface area (Å²) in [6, 6.07) is 8.07. The van der Waals surface area contributed by atoms with E-state index in [1.165, 1.54) is 5.56 Å². The van der Waals surface area contributed by atoms with E-state index in [1.54, 1.807) is 6.92 Å². The van der Waals surface area contributed by atoms with E-state index in [4.69, 9.17) is 0 Å². The Labute approximate surface area is 69.3 Å². The predicted molar refractivity (Wildman–Crippen MR) is 47.2 cm³/mol. The fourth-order valence-corrected chi connectivity index (χ4v) is 1.81. The Morgan fingerprint density at radius 2 is 2.18 bits per heavy atom. The first-order valence-corrected chi connectivity index (χ1v) is 4.53. The fourth-order valence-electron chi connectivity index (χ4n) is 0.926. The van der Waals surface area contributed by atoms with Gasteiger partial charge in [-0.1, -0.05) is 35.0 Å². The SMILES string of the molecule is CC(=O)[Si]c1cccc(C)c1. The molecular formula is C9H10OSi. The summed E-state index contributed by atoms with van der Waals surface area (Å²) in [6.07, 6.45) is 0. The molecule has 2 heteroatoms. The molecular weight excluding hydrogens is 152 g/mol. The average molecular weight is 162 g/mol. The van der Waals surface area contributed by atoms with E-state index < -0.39 is 0 Å². The minimum absolute atomic E-state index is 0.246. The molecule has 2 radical (unpaired) electrons. The second-order valence-electron chi connectivity index (χ2n) is 2.55. The molecule has 0 unspecified atom stereocenters. The van der Waals surface area contributed by atoms with Gasteiger partial charge in [0, 0.05) is 0 Å². The zero-order chi connectivity index (χ0) is 8.27. The monoisotopic (exact) mass is 162 g/mol. The highest BCUT2D eigenvalue weighted by atomic mass is 28.2. The van der Waals surface area contributed by atoms with Gasteiger partial charge < -0.3 is 4.79 Å². The van der Waals surface area contributed by atoms with Gasteiger partial charge in [-0.3, -0.25) is 0 Å². The Morgan fingerprint density at radius 1 is 1.45 bits per heavy atom. The highest BCUT2D eigenvalue weighted by Gasteiger charge is 1.98. The van der Waals surface area contributed by atoms with Crippen LogP contribution in [0.25, 0.3) is 0 Å². The molecule has 1 aromatic rings. The Hall–Kier alpha value is -0.893. The van der Waals surface area contributed by atoms with Gasteiger partial charge in [0.25, 0.3) is 0 Å². The lowest BCUT2D eigenvalue weighted by Crippen LogP contribution is -2.20. The topological polar surface area (TPSA) is 17.1 Å². The van der Waals surface area contributed by atoms with Gasteiger partial charge in [0.2, 0.25) is 0 Å². The minimum Gasteiger partial charge on any atom is -0.306 e. The van der Waals surface area contributed by atoms with Crippen molar-refractivity contribution in [3.05, 3.63) is 29.8 Å². The second kappa shape index (κ2) is 3.48. The summed E-state index contributed by atoms with van der Waals surface area (Å²) in [7, 11) is 0.318. The van der Waals surface area contributed by atoms with Gasteiger partial charge in [0.15, 0.2) is 9.52 Å². The maximum atomic E-state index is 10.7. The van der Waals surface area contributed by atoms with Gasteiger partial charge in [-0.2, -0.15) is 0 Å². The van der Waals surface area contributed by atoms with E-state index in [9.17, 15) is 4.79 Å². The van der Waals surface area contributed by atoms with E-state index in [-0.39, 0.29) is 5.41 Å². The summed E-state index contributed by atoms with van der Waals surface area (Å²) >= 11 is 0. The summed E-state index contributed by atoms with van der Waals surface area (Å²) in [4.78, 5) is 10.7. The van der Waals surface area contributed by atoms with Crippen LogP contribution >= 0.6 is 0 Å². The standard InChI is InChI=1S/C9H10OSi/c1-7-4-3-5-9(6-7)11-8(2)10/h3-6H,1-2H3. The van der Waals surface area contributed by atoms with Crippen LogP contribution in [0.15, 0.2) is 24.3 Å². The molecule has 0 saturated carbocycles. The molecule has 0 aliphatic rings. The van der Waals surface area contributed by atoms with E-state index >= 15 is 0 Å². The largest absolute Gasteiger partial charge is 0.306 e. The average Bonchev–Trinajstić information content (AvgIpc) is 1.85. The zero-order valence-electron chi connectivity index (χ0n) is 6.72. The van der Waals surface area contributed by atoms with Crippen LogP contribution in [0, 0.1) is 6.92 Å². The van der Waals surface area contributed by atoms with E-state index in [1.807, 2.05) is 25.1 Å². The minimum atomic E-state index is 0.246. The first-order chi connectivity index (χ1) is 5.18. The van der Waals surface area contributed by atoms with Crippen molar-refractivity contribution >= 4 is 20.1 Å². The summed E-state index contributed by atoms with van der Waals surface area (Å²) in [5.74, 6) is 0. The summed E-state index contributed by atoms with van der Waals surface area (Å²) in [5.41, 5.74) is 1.22. The van der Waals surface area contributed by atoms with Crippen LogP contribution in [0.3, 0.4) is 0 Å². The van der Waals surface area contributed by atoms with Gasteiger partial charge in [-0.05, 0) is 13.8 Å². The van der Waals surface area contributed by atoms with Crippen molar-refractivity contribution < 1.29 is 4.79 Å². The lowest BCUT2D eigenvalue weighted by Gasteiger charge is -1.96. The fraction of sp³-hybridized carbons (Fsp3) is 0.222. The van der Waals surface area contributed by atoms with Crippen LogP contribution < -0.4 is 5.19 Å². The van der Waals surface area contributed by atoms with Gasteiger partial charge >= 0.3 is 0 Å². The number of carbonyl (C=O) groups is 1. The van der Waals surface area contributed by atoms with E-state index in [0.717, 1.165) is 5.19 Å². The Balaban J connectivity index is 2.79. The Kier molecular flexibility index (Phi) is 2.60. The second-order valence-corrected chi connectivity index (χ2v) is 4.08. The molecule has 0 spiro atoms. The van der Waals surface area contributed by atoms with Gasteiger partial charge in [-0.25, -0.2) is 0 Å². The molecule has 0 saturated heterocycles. The molecule has 0 aromatic heterocycles. The van der Waals surface area contributed by atoms with Crippen LogP contribution in [-0.4, -0.2) is 14.9 Å². The first kappa shape index (κ1) is 8.21. The summed E-state index contributed by atoms with van der Waals surface area (Å²) < 4.78 is 0. The molecule has 0 N–H and O–H groups in total. The van der Waals surface area contributed by atoms with Crippen molar-refractivity contribution in [1.82, 2.24) is 0 Å². The third kappa shape index (κ3) is 2.68. The molecule has 1 aromatic carbocycles. The first-order valence-electron chi connectivity index (χ1n) is 3.53. The number of rotatable bonds is 2. The van der Waals surface area contributed by atoms with Crippen molar-refractivity contribution in [3.63, 3.8) is 0 Å². The summed E-state index contributed by atoms with van der Waals surface area (Å²) in [6.45, 7) is 3.66. The van der Waals surface area contributed by atoms with Gasteiger partial charge in [0.1, 0.15) is 5.41 Å². The van der Waals surface area contributed by atoms with Crippen molar-refractivity contribution in [1.29, 1.82) is 0 Å². The molecule has 0 amide bonds. The molecule has 0 heterocycles. The number of hydrogen-bond donors (Lipinski definition) is 0. The highest BCUT2D eigenvalue weighted by molar-refractivity contribution is 6.83. The van der Waals surface area contributed by atoms with Crippen molar-refractivity contribution in [2.45, 2.75) is 13.8 Å². The molecule has 1 rings (SSSR count). The smallest absolute Gasteiger partial charge is 0.172 e. The molecule has 0 aliphatic heterocycles. The molecule has 0 atom stereocenters. The number of benzene rings is 1. The van der Waals surface area contributed by atoms with Crippen LogP contribution in [0.5, 0.6) is 0 Å². The third-order valence-corrected chi connectivity index (χ3v) is 2.29. The van der Waals surface area contributed by atoms with Crippen LogP contribution in [-0.2, 0) is 4.79 Å². The molecule has 56 valence electrons. The number of aryl methyl sites for hydroxylation is 1. The summed E-state index contributed by atoms with van der Waals surface area (Å²) in [5, 5.41) is 1.38. The maximum Gasteiger partial charge on any atom is 0.172 e. The van der Waals surface area contributed by atoms with E-state index in [0.29, 0.717) is 9.52 Å². The molecule has 1 nitrogen and oxygen atoms in total. The molecule has 0 bridgehead atoms. The lowest BCUT2D eigenvalue weighted by molar-refractivity contribution is -0.110. The third-order valence-electron chi connectivity index (χ3n) is 1.34. The van der Waals surface area contributed by atoms with Gasteiger partial charge in [-0.15, -0.1) is 0 Å². The van der Waals surface area contributed by atoms with E-state index in [2.05, 4.69) is 6.07 Å². The van der Waals surface area contributed by atoms with Crippen LogP contribution in [0.4, 0.5) is 0 Å². The van der Waals surface area contributed by atoms with Crippen LogP contribution in [0.2, 0.25) is 0 Å². The number of carbonyl (C=O) groups excluding carboxylic acids is 1. The maximum absolute atomic E-state index is 10.7. The predicted octanol–water partition coefficient (Wildman–Crippen LogP) is 0.871. The molecule has 0 aliphatic carbocycles. The van der Waals surface area contributed by atoms with Crippen molar-refractivity contribution in [3.8, 4) is 0 Å². The normalized spacial score (nSPS) is 9.64. The molecule has 11 heavy (non-hydrogen) atoms.